The SMILES string of the molecule is CNC(=O)C(C)NC1CC(=O)N(c2ccccc2)C1=O. The zero-order valence-electron chi connectivity index (χ0n) is 11.4. The van der Waals surface area contributed by atoms with Gasteiger partial charge in [-0.3, -0.25) is 19.7 Å². The predicted molar refractivity (Wildman–Crippen MR) is 74.0 cm³/mol. The molecule has 0 saturated carbocycles. The van der Waals surface area contributed by atoms with E-state index in [1.807, 2.05) is 6.07 Å². The topological polar surface area (TPSA) is 78.5 Å². The minimum Gasteiger partial charge on any atom is -0.358 e. The van der Waals surface area contributed by atoms with Crippen molar-refractivity contribution < 1.29 is 14.4 Å². The van der Waals surface area contributed by atoms with Crippen LogP contribution >= 0.6 is 0 Å². The van der Waals surface area contributed by atoms with Crippen molar-refractivity contribution in [2.24, 2.45) is 0 Å². The number of benzene rings is 1. The number of rotatable bonds is 4. The van der Waals surface area contributed by atoms with Crippen molar-refractivity contribution in [3.63, 3.8) is 0 Å². The van der Waals surface area contributed by atoms with E-state index in [1.54, 1.807) is 31.2 Å². The van der Waals surface area contributed by atoms with Crippen LogP contribution in [0.25, 0.3) is 0 Å². The van der Waals surface area contributed by atoms with Gasteiger partial charge in [0.05, 0.1) is 24.2 Å². The van der Waals surface area contributed by atoms with Crippen molar-refractivity contribution in [2.45, 2.75) is 25.4 Å². The van der Waals surface area contributed by atoms with Gasteiger partial charge < -0.3 is 5.32 Å². The molecule has 1 saturated heterocycles. The van der Waals surface area contributed by atoms with Crippen LogP contribution in [0.4, 0.5) is 5.69 Å². The van der Waals surface area contributed by atoms with Crippen molar-refractivity contribution in [1.82, 2.24) is 10.6 Å². The molecule has 0 aliphatic carbocycles. The van der Waals surface area contributed by atoms with Gasteiger partial charge in [-0.25, -0.2) is 4.90 Å². The van der Waals surface area contributed by atoms with Crippen LogP contribution in [0.5, 0.6) is 0 Å². The number of nitrogens with zero attached hydrogens (tertiary/aromatic N) is 1. The minimum absolute atomic E-state index is 0.0645. The average Bonchev–Trinajstić information content (AvgIpc) is 2.73. The molecule has 0 radical (unpaired) electrons. The summed E-state index contributed by atoms with van der Waals surface area (Å²) in [6, 6.07) is 7.58. The Kier molecular flexibility index (Phi) is 4.14. The van der Waals surface area contributed by atoms with Gasteiger partial charge in [-0.05, 0) is 19.1 Å². The van der Waals surface area contributed by atoms with E-state index in [1.165, 1.54) is 7.05 Å². The first kappa shape index (κ1) is 14.2. The fourth-order valence-corrected chi connectivity index (χ4v) is 2.20. The summed E-state index contributed by atoms with van der Waals surface area (Å²) in [6.07, 6.45) is 0.0645. The molecule has 1 aliphatic rings. The molecular weight excluding hydrogens is 258 g/mol. The van der Waals surface area contributed by atoms with Gasteiger partial charge in [0.1, 0.15) is 0 Å². The maximum absolute atomic E-state index is 12.3. The highest BCUT2D eigenvalue weighted by atomic mass is 16.2. The van der Waals surface area contributed by atoms with Crippen molar-refractivity contribution in [3.05, 3.63) is 30.3 Å². The Balaban J connectivity index is 2.11. The Morgan fingerprint density at radius 3 is 2.55 bits per heavy atom. The van der Waals surface area contributed by atoms with Gasteiger partial charge in [0.15, 0.2) is 0 Å². The largest absolute Gasteiger partial charge is 0.358 e. The number of carbonyl (C=O) groups excluding carboxylic acids is 3. The summed E-state index contributed by atoms with van der Waals surface area (Å²) in [7, 11) is 1.53. The summed E-state index contributed by atoms with van der Waals surface area (Å²) >= 11 is 0. The molecule has 1 aliphatic heterocycles. The normalized spacial score (nSPS) is 20.1. The summed E-state index contributed by atoms with van der Waals surface area (Å²) in [6.45, 7) is 1.65. The van der Waals surface area contributed by atoms with Crippen LogP contribution in [-0.2, 0) is 14.4 Å². The number of hydrogen-bond acceptors (Lipinski definition) is 4. The van der Waals surface area contributed by atoms with Crippen molar-refractivity contribution in [2.75, 3.05) is 11.9 Å². The third-order valence-electron chi connectivity index (χ3n) is 3.25. The van der Waals surface area contributed by atoms with Crippen molar-refractivity contribution >= 4 is 23.4 Å². The Labute approximate surface area is 117 Å². The van der Waals surface area contributed by atoms with Gasteiger partial charge >= 0.3 is 0 Å². The van der Waals surface area contributed by atoms with Crippen LogP contribution in [0.2, 0.25) is 0 Å². The molecular formula is C14H17N3O3. The van der Waals surface area contributed by atoms with Crippen molar-refractivity contribution in [1.29, 1.82) is 0 Å². The molecule has 1 fully saturated rings. The quantitative estimate of drug-likeness (QED) is 0.761. The standard InChI is InChI=1S/C14H17N3O3/c1-9(13(19)15-2)16-11-8-12(18)17(14(11)20)10-6-4-3-5-7-10/h3-7,9,11,16H,8H2,1-2H3,(H,15,19). The van der Waals surface area contributed by atoms with Gasteiger partial charge in [0.25, 0.3) is 5.91 Å². The zero-order valence-corrected chi connectivity index (χ0v) is 11.4. The summed E-state index contributed by atoms with van der Waals surface area (Å²) in [5, 5.41) is 5.38. The van der Waals surface area contributed by atoms with E-state index in [0.29, 0.717) is 5.69 Å². The summed E-state index contributed by atoms with van der Waals surface area (Å²) < 4.78 is 0. The van der Waals surface area contributed by atoms with Crippen LogP contribution in [0.3, 0.4) is 0 Å². The lowest BCUT2D eigenvalue weighted by Crippen LogP contribution is -2.48. The van der Waals surface area contributed by atoms with E-state index in [-0.39, 0.29) is 24.1 Å². The lowest BCUT2D eigenvalue weighted by molar-refractivity contribution is -0.123. The van der Waals surface area contributed by atoms with E-state index in [4.69, 9.17) is 0 Å². The van der Waals surface area contributed by atoms with Gasteiger partial charge in [-0.2, -0.15) is 0 Å². The van der Waals surface area contributed by atoms with Gasteiger partial charge in [0, 0.05) is 7.05 Å². The molecule has 2 atom stereocenters. The molecule has 0 aromatic heterocycles. The number of anilines is 1. The van der Waals surface area contributed by atoms with Gasteiger partial charge in [0.2, 0.25) is 11.8 Å². The number of para-hydroxylation sites is 1. The Bertz CT molecular complexity index is 530. The first-order valence-corrected chi connectivity index (χ1v) is 6.44. The maximum atomic E-state index is 12.3. The van der Waals surface area contributed by atoms with Crippen molar-refractivity contribution in [3.8, 4) is 0 Å². The van der Waals surface area contributed by atoms with Crippen LogP contribution in [-0.4, -0.2) is 36.9 Å². The number of carbonyl (C=O) groups is 3. The second-order valence-corrected chi connectivity index (χ2v) is 4.66. The number of hydrogen-bond donors (Lipinski definition) is 2. The summed E-state index contributed by atoms with van der Waals surface area (Å²) in [4.78, 5) is 36.9. The smallest absolute Gasteiger partial charge is 0.251 e. The van der Waals surface area contributed by atoms with E-state index in [2.05, 4.69) is 10.6 Å². The number of nitrogens with one attached hydrogen (secondary N) is 2. The summed E-state index contributed by atoms with van der Waals surface area (Å²) in [5.41, 5.74) is 0.555. The van der Waals surface area contributed by atoms with Crippen LogP contribution in [0.15, 0.2) is 30.3 Å². The van der Waals surface area contributed by atoms with E-state index in [0.717, 1.165) is 4.90 Å². The molecule has 6 heteroatoms. The molecule has 0 spiro atoms. The third-order valence-corrected chi connectivity index (χ3v) is 3.25. The van der Waals surface area contributed by atoms with Gasteiger partial charge in [-0.15, -0.1) is 0 Å². The fraction of sp³-hybridized carbons (Fsp3) is 0.357. The molecule has 1 aromatic rings. The Morgan fingerprint density at radius 2 is 1.95 bits per heavy atom. The molecule has 20 heavy (non-hydrogen) atoms. The molecule has 0 bridgehead atoms. The zero-order chi connectivity index (χ0) is 14.7. The number of imide groups is 1. The Morgan fingerprint density at radius 1 is 1.30 bits per heavy atom. The highest BCUT2D eigenvalue weighted by Gasteiger charge is 2.40. The van der Waals surface area contributed by atoms with Crippen LogP contribution < -0.4 is 15.5 Å². The molecule has 106 valence electrons. The molecule has 1 aromatic carbocycles. The second-order valence-electron chi connectivity index (χ2n) is 4.66. The first-order chi connectivity index (χ1) is 9.54. The third kappa shape index (κ3) is 2.70. The molecule has 2 N–H and O–H groups in total. The molecule has 2 rings (SSSR count). The van der Waals surface area contributed by atoms with E-state index < -0.39 is 12.1 Å². The molecule has 3 amide bonds. The van der Waals surface area contributed by atoms with E-state index >= 15 is 0 Å². The number of likely N-dealkylation sites (N-methyl/N-ethyl adjacent to an activating group) is 1. The highest BCUT2D eigenvalue weighted by Crippen LogP contribution is 2.22. The maximum Gasteiger partial charge on any atom is 0.251 e. The lowest BCUT2D eigenvalue weighted by Gasteiger charge is -2.18. The Hall–Kier alpha value is -2.21. The fourth-order valence-electron chi connectivity index (χ4n) is 2.20. The first-order valence-electron chi connectivity index (χ1n) is 6.44. The monoisotopic (exact) mass is 275 g/mol. The molecule has 1 heterocycles. The lowest BCUT2D eigenvalue weighted by atomic mass is 10.2. The average molecular weight is 275 g/mol. The minimum atomic E-state index is -0.657. The summed E-state index contributed by atoms with van der Waals surface area (Å²) in [5.74, 6) is -0.803. The van der Waals surface area contributed by atoms with E-state index in [9.17, 15) is 14.4 Å². The van der Waals surface area contributed by atoms with Crippen LogP contribution in [0, 0.1) is 0 Å². The molecule has 6 nitrogen and oxygen atoms in total. The molecule has 2 unspecified atom stereocenters. The number of amides is 3. The van der Waals surface area contributed by atoms with Crippen LogP contribution in [0.1, 0.15) is 13.3 Å². The predicted octanol–water partition coefficient (Wildman–Crippen LogP) is 0.0426. The van der Waals surface area contributed by atoms with Gasteiger partial charge in [-0.1, -0.05) is 18.2 Å². The highest BCUT2D eigenvalue weighted by molar-refractivity contribution is 6.22. The second kappa shape index (κ2) is 5.83.